The fourth-order valence-corrected chi connectivity index (χ4v) is 6.34. The molecule has 3 N–H and O–H groups in total. The monoisotopic (exact) mass is 472 g/mol. The number of imide groups is 1. The van der Waals surface area contributed by atoms with Crippen molar-refractivity contribution in [3.63, 3.8) is 0 Å². The van der Waals surface area contributed by atoms with Gasteiger partial charge < -0.3 is 15.0 Å². The van der Waals surface area contributed by atoms with Crippen molar-refractivity contribution in [1.29, 1.82) is 0 Å². The lowest BCUT2D eigenvalue weighted by Gasteiger charge is -2.29. The molecule has 180 valence electrons. The minimum Gasteiger partial charge on any atom is -0.385 e. The first-order chi connectivity index (χ1) is 17.0. The molecule has 0 unspecified atom stereocenters. The Morgan fingerprint density at radius 1 is 1.06 bits per heavy atom. The highest BCUT2D eigenvalue weighted by Crippen LogP contribution is 2.54. The van der Waals surface area contributed by atoms with E-state index in [0.717, 1.165) is 33.3 Å². The Kier molecular flexibility index (Phi) is 5.05. The minimum atomic E-state index is -1.27. The van der Waals surface area contributed by atoms with Crippen molar-refractivity contribution in [3.8, 4) is 0 Å². The SMILES string of the molecule is COCCCN1C(=O)[C@H]2[C@@H](C1=O)[C@@]1(N[C@@H]2Cc2c[nH]c3ccccc23)C(=O)Nc2c(C)cccc21. The molecular weight excluding hydrogens is 444 g/mol. The summed E-state index contributed by atoms with van der Waals surface area (Å²) in [5.74, 6) is -2.18. The second-order valence-corrected chi connectivity index (χ2v) is 9.75. The largest absolute Gasteiger partial charge is 0.385 e. The molecule has 2 saturated heterocycles. The number of carbonyl (C=O) groups is 3. The number of rotatable bonds is 6. The smallest absolute Gasteiger partial charge is 0.250 e. The second kappa shape index (κ2) is 8.03. The van der Waals surface area contributed by atoms with Crippen LogP contribution in [0.4, 0.5) is 5.69 Å². The van der Waals surface area contributed by atoms with Crippen LogP contribution in [-0.2, 0) is 31.1 Å². The van der Waals surface area contributed by atoms with Crippen LogP contribution in [0.3, 0.4) is 0 Å². The van der Waals surface area contributed by atoms with E-state index >= 15 is 0 Å². The minimum absolute atomic E-state index is 0.209. The third kappa shape index (κ3) is 3.03. The average molecular weight is 473 g/mol. The lowest BCUT2D eigenvalue weighted by Crippen LogP contribution is -2.53. The van der Waals surface area contributed by atoms with E-state index < -0.39 is 17.4 Å². The zero-order valence-corrected chi connectivity index (χ0v) is 19.8. The third-order valence-corrected chi connectivity index (χ3v) is 7.89. The number of anilines is 1. The second-order valence-electron chi connectivity index (χ2n) is 9.75. The molecule has 2 fully saturated rings. The number of amides is 3. The molecule has 0 radical (unpaired) electrons. The summed E-state index contributed by atoms with van der Waals surface area (Å²) >= 11 is 0. The molecule has 3 aliphatic heterocycles. The van der Waals surface area contributed by atoms with Gasteiger partial charge in [0, 0.05) is 54.7 Å². The molecule has 4 atom stereocenters. The summed E-state index contributed by atoms with van der Waals surface area (Å²) in [5.41, 5.74) is 3.20. The zero-order chi connectivity index (χ0) is 24.3. The first-order valence-electron chi connectivity index (χ1n) is 12.1. The van der Waals surface area contributed by atoms with Crippen LogP contribution in [0, 0.1) is 18.8 Å². The standard InChI is InChI=1S/C27H28N4O4/c1-15-7-5-9-18-23(15)29-26(34)27(18)22-21(24(32)31(25(22)33)11-6-12-35-2)20(30-27)13-16-14-28-19-10-4-3-8-17(16)19/h3-5,7-10,14,20-22,28,30H,6,11-13H2,1-2H3,(H,29,34)/t20-,21-,22+,27-/m1/s1. The number of carbonyl (C=O) groups excluding carboxylic acids is 3. The summed E-state index contributed by atoms with van der Waals surface area (Å²) in [5, 5.41) is 7.62. The highest BCUT2D eigenvalue weighted by molar-refractivity contribution is 6.15. The molecule has 8 nitrogen and oxygen atoms in total. The lowest BCUT2D eigenvalue weighted by atomic mass is 9.76. The normalized spacial score (nSPS) is 27.2. The summed E-state index contributed by atoms with van der Waals surface area (Å²) < 4.78 is 5.14. The molecule has 1 spiro atoms. The van der Waals surface area contributed by atoms with Crippen molar-refractivity contribution < 1.29 is 19.1 Å². The van der Waals surface area contributed by atoms with Crippen molar-refractivity contribution in [2.45, 2.75) is 31.3 Å². The van der Waals surface area contributed by atoms with Gasteiger partial charge in [0.25, 0.3) is 0 Å². The lowest BCUT2D eigenvalue weighted by molar-refractivity contribution is -0.143. The van der Waals surface area contributed by atoms with Gasteiger partial charge >= 0.3 is 0 Å². The van der Waals surface area contributed by atoms with E-state index in [9.17, 15) is 14.4 Å². The van der Waals surface area contributed by atoms with Gasteiger partial charge in [0.2, 0.25) is 17.7 Å². The van der Waals surface area contributed by atoms with Gasteiger partial charge in [0.05, 0.1) is 11.8 Å². The number of likely N-dealkylation sites (tertiary alicyclic amines) is 1. The van der Waals surface area contributed by atoms with Gasteiger partial charge in [-0.05, 0) is 37.0 Å². The highest BCUT2D eigenvalue weighted by atomic mass is 16.5. The van der Waals surface area contributed by atoms with Crippen molar-refractivity contribution in [2.24, 2.45) is 11.8 Å². The van der Waals surface area contributed by atoms with Crippen molar-refractivity contribution in [3.05, 3.63) is 65.4 Å². The summed E-state index contributed by atoms with van der Waals surface area (Å²) in [4.78, 5) is 45.8. The number of benzene rings is 2. The highest BCUT2D eigenvalue weighted by Gasteiger charge is 2.70. The average Bonchev–Trinajstić information content (AvgIpc) is 3.56. The van der Waals surface area contributed by atoms with Crippen molar-refractivity contribution >= 4 is 34.3 Å². The topological polar surface area (TPSA) is 104 Å². The molecule has 0 saturated carbocycles. The Bertz CT molecular complexity index is 1360. The van der Waals surface area contributed by atoms with E-state index in [-0.39, 0.29) is 30.3 Å². The van der Waals surface area contributed by atoms with Gasteiger partial charge in [-0.3, -0.25) is 24.6 Å². The van der Waals surface area contributed by atoms with Crippen LogP contribution in [0.5, 0.6) is 0 Å². The van der Waals surface area contributed by atoms with Crippen LogP contribution >= 0.6 is 0 Å². The van der Waals surface area contributed by atoms with Gasteiger partial charge in [-0.1, -0.05) is 36.4 Å². The number of nitrogens with zero attached hydrogens (tertiary/aromatic N) is 1. The van der Waals surface area contributed by atoms with Gasteiger partial charge in [-0.2, -0.15) is 0 Å². The first kappa shape index (κ1) is 22.0. The first-order valence-corrected chi connectivity index (χ1v) is 12.1. The van der Waals surface area contributed by atoms with E-state index in [4.69, 9.17) is 4.74 Å². The van der Waals surface area contributed by atoms with Crippen LogP contribution in [-0.4, -0.2) is 53.9 Å². The van der Waals surface area contributed by atoms with Crippen LogP contribution < -0.4 is 10.6 Å². The molecule has 2 aromatic carbocycles. The maximum Gasteiger partial charge on any atom is 0.250 e. The Hall–Kier alpha value is -3.49. The molecule has 1 aromatic heterocycles. The maximum atomic E-state index is 13.8. The van der Waals surface area contributed by atoms with Crippen molar-refractivity contribution in [2.75, 3.05) is 25.6 Å². The number of aromatic amines is 1. The number of aromatic nitrogens is 1. The number of ether oxygens (including phenoxy) is 1. The fraction of sp³-hybridized carbons (Fsp3) is 0.370. The number of aryl methyl sites for hydroxylation is 1. The van der Waals surface area contributed by atoms with Gasteiger partial charge in [0.1, 0.15) is 5.54 Å². The molecular formula is C27H28N4O4. The summed E-state index contributed by atoms with van der Waals surface area (Å²) in [7, 11) is 1.60. The number of fused-ring (bicyclic) bond motifs is 5. The molecule has 6 rings (SSSR count). The fourth-order valence-electron chi connectivity index (χ4n) is 6.34. The molecule has 3 aliphatic rings. The summed E-state index contributed by atoms with van der Waals surface area (Å²) in [6.45, 7) is 2.68. The Balaban J connectivity index is 1.45. The summed E-state index contributed by atoms with van der Waals surface area (Å²) in [6, 6.07) is 13.4. The number of hydrogen-bond donors (Lipinski definition) is 3. The number of nitrogens with one attached hydrogen (secondary N) is 3. The van der Waals surface area contributed by atoms with Gasteiger partial charge in [-0.25, -0.2) is 0 Å². The van der Waals surface area contributed by atoms with Crippen LogP contribution in [0.15, 0.2) is 48.7 Å². The maximum absolute atomic E-state index is 13.8. The van der Waals surface area contributed by atoms with E-state index in [1.807, 2.05) is 55.6 Å². The van der Waals surface area contributed by atoms with E-state index in [1.165, 1.54) is 4.90 Å². The predicted molar refractivity (Wildman–Crippen MR) is 131 cm³/mol. The number of hydrogen-bond acceptors (Lipinski definition) is 5. The number of H-pyrrole nitrogens is 1. The van der Waals surface area contributed by atoms with Crippen LogP contribution in [0.25, 0.3) is 10.9 Å². The molecule has 8 heteroatoms. The zero-order valence-electron chi connectivity index (χ0n) is 19.8. The number of para-hydroxylation sites is 2. The van der Waals surface area contributed by atoms with E-state index in [2.05, 4.69) is 15.6 Å². The molecule has 0 aliphatic carbocycles. The number of methoxy groups -OCH3 is 1. The van der Waals surface area contributed by atoms with Gasteiger partial charge in [0.15, 0.2) is 0 Å². The molecule has 3 amide bonds. The molecule has 3 aromatic rings. The van der Waals surface area contributed by atoms with Crippen LogP contribution in [0.1, 0.15) is 23.1 Å². The van der Waals surface area contributed by atoms with Gasteiger partial charge in [-0.15, -0.1) is 0 Å². The Morgan fingerprint density at radius 3 is 2.71 bits per heavy atom. The Labute approximate surface area is 203 Å². The third-order valence-electron chi connectivity index (χ3n) is 7.89. The van der Waals surface area contributed by atoms with Crippen molar-refractivity contribution in [1.82, 2.24) is 15.2 Å². The summed E-state index contributed by atoms with van der Waals surface area (Å²) in [6.07, 6.45) is 3.03. The van der Waals surface area contributed by atoms with E-state index in [1.54, 1.807) is 7.11 Å². The molecule has 35 heavy (non-hydrogen) atoms. The molecule has 4 heterocycles. The van der Waals surface area contributed by atoms with E-state index in [0.29, 0.717) is 19.4 Å². The predicted octanol–water partition coefficient (Wildman–Crippen LogP) is 2.48. The molecule has 0 bridgehead atoms. The quantitative estimate of drug-likeness (QED) is 0.378. The Morgan fingerprint density at radius 2 is 1.89 bits per heavy atom. The van der Waals surface area contributed by atoms with Crippen LogP contribution in [0.2, 0.25) is 0 Å².